The highest BCUT2D eigenvalue weighted by Crippen LogP contribution is 2.47. The van der Waals surface area contributed by atoms with Crippen LogP contribution in [-0.4, -0.2) is 17.7 Å². The highest BCUT2D eigenvalue weighted by molar-refractivity contribution is 8.00. The minimum atomic E-state index is -5.17. The maximum absolute atomic E-state index is 12.5. The van der Waals surface area contributed by atoms with Crippen LogP contribution in [0.1, 0.15) is 17.9 Å². The Balaban J connectivity index is 3.37. The van der Waals surface area contributed by atoms with Gasteiger partial charge in [0.15, 0.2) is 5.78 Å². The fourth-order valence-electron chi connectivity index (χ4n) is 1.38. The molecule has 2 nitrogen and oxygen atoms in total. The Morgan fingerprint density at radius 3 is 2.24 bits per heavy atom. The largest absolute Gasteiger partial charge is 0.573 e. The van der Waals surface area contributed by atoms with Gasteiger partial charge in [-0.15, -0.1) is 24.8 Å². The fraction of sp³-hybridized carbons (Fsp3) is 0.364. The Hall–Kier alpha value is -1.09. The number of thioether (sulfide) groups is 1. The molecule has 0 spiro atoms. The van der Waals surface area contributed by atoms with Crippen LogP contribution >= 0.6 is 23.4 Å². The first-order valence-electron chi connectivity index (χ1n) is 5.19. The molecule has 0 aliphatic rings. The van der Waals surface area contributed by atoms with Crippen molar-refractivity contribution in [2.24, 2.45) is 0 Å². The summed E-state index contributed by atoms with van der Waals surface area (Å²) in [7, 11) is 0. The van der Waals surface area contributed by atoms with Crippen molar-refractivity contribution >= 4 is 29.1 Å². The van der Waals surface area contributed by atoms with E-state index in [9.17, 15) is 31.1 Å². The topological polar surface area (TPSA) is 26.3 Å². The lowest BCUT2D eigenvalue weighted by Gasteiger charge is -2.18. The summed E-state index contributed by atoms with van der Waals surface area (Å²) in [6.07, 6.45) is -5.17. The van der Waals surface area contributed by atoms with E-state index in [1.165, 1.54) is 0 Å². The van der Waals surface area contributed by atoms with E-state index in [1.54, 1.807) is 0 Å². The number of rotatable bonds is 4. The second-order valence-corrected chi connectivity index (χ2v) is 5.26. The number of Topliss-reactive ketones (excluding diaryl/α,β-unsaturated/α-hetero) is 1. The lowest BCUT2D eigenvalue weighted by Crippen LogP contribution is -2.18. The fourth-order valence-corrected chi connectivity index (χ4v) is 2.37. The van der Waals surface area contributed by atoms with Crippen LogP contribution in [0.2, 0.25) is 0 Å². The number of hydrogen-bond donors (Lipinski definition) is 0. The molecule has 1 aromatic carbocycles. The molecule has 0 bridgehead atoms. The number of alkyl halides is 7. The van der Waals surface area contributed by atoms with Gasteiger partial charge in [-0.3, -0.25) is 4.79 Å². The zero-order valence-electron chi connectivity index (χ0n) is 10.2. The van der Waals surface area contributed by atoms with Crippen LogP contribution in [0.5, 0.6) is 5.75 Å². The summed E-state index contributed by atoms with van der Waals surface area (Å²) in [5.74, 6) is -1.76. The molecule has 0 amide bonds. The molecule has 0 saturated heterocycles. The van der Waals surface area contributed by atoms with Crippen molar-refractivity contribution in [1.29, 1.82) is 0 Å². The van der Waals surface area contributed by atoms with Crippen molar-refractivity contribution in [3.8, 4) is 5.75 Å². The molecule has 0 heterocycles. The van der Waals surface area contributed by atoms with Crippen molar-refractivity contribution in [3.05, 3.63) is 23.8 Å². The molecule has 0 fully saturated rings. The number of hydrogen-bond acceptors (Lipinski definition) is 3. The Bertz CT molecular complexity index is 528. The average molecular weight is 353 g/mol. The molecular formula is C11H7ClF6O2S. The second-order valence-electron chi connectivity index (χ2n) is 3.74. The van der Waals surface area contributed by atoms with Gasteiger partial charge in [0.25, 0.3) is 0 Å². The number of halogens is 7. The Labute approximate surface area is 124 Å². The van der Waals surface area contributed by atoms with E-state index >= 15 is 0 Å². The highest BCUT2D eigenvalue weighted by atomic mass is 35.5. The Kier molecular flexibility index (Phi) is 5.43. The predicted molar refractivity (Wildman–Crippen MR) is 64.3 cm³/mol. The number of carbonyl (C=O) groups excluding carboxylic acids is 1. The molecule has 0 aliphatic heterocycles. The zero-order valence-corrected chi connectivity index (χ0v) is 11.8. The molecule has 0 N–H and O–H groups in total. The summed E-state index contributed by atoms with van der Waals surface area (Å²) < 4.78 is 77.7. The minimum Gasteiger partial charge on any atom is -0.405 e. The first-order valence-corrected chi connectivity index (χ1v) is 6.45. The first kappa shape index (κ1) is 18.0. The van der Waals surface area contributed by atoms with E-state index in [4.69, 9.17) is 11.6 Å². The molecule has 1 atom stereocenters. The third kappa shape index (κ3) is 5.66. The summed E-state index contributed by atoms with van der Waals surface area (Å²) >= 11 is 4.83. The van der Waals surface area contributed by atoms with Crippen molar-refractivity contribution in [2.45, 2.75) is 29.1 Å². The van der Waals surface area contributed by atoms with Gasteiger partial charge in [-0.1, -0.05) is 12.1 Å². The number of carbonyl (C=O) groups is 1. The van der Waals surface area contributed by atoms with E-state index < -0.39 is 51.0 Å². The Morgan fingerprint density at radius 2 is 1.81 bits per heavy atom. The van der Waals surface area contributed by atoms with Crippen LogP contribution in [0.3, 0.4) is 0 Å². The van der Waals surface area contributed by atoms with Gasteiger partial charge >= 0.3 is 11.9 Å². The standard InChI is InChI=1S/C11H7ClF6O2S/c1-5(19)8(12)6-3-2-4-7(20-10(13,14)15)9(6)21-11(16,17)18/h2-4,8H,1H3. The van der Waals surface area contributed by atoms with E-state index in [0.717, 1.165) is 25.1 Å². The first-order chi connectivity index (χ1) is 9.41. The number of ether oxygens (including phenoxy) is 1. The molecule has 0 aliphatic carbocycles. The van der Waals surface area contributed by atoms with Gasteiger partial charge in [-0.25, -0.2) is 0 Å². The quantitative estimate of drug-likeness (QED) is 0.430. The maximum Gasteiger partial charge on any atom is 0.573 e. The van der Waals surface area contributed by atoms with E-state index in [0.29, 0.717) is 0 Å². The molecule has 1 aromatic rings. The van der Waals surface area contributed by atoms with Gasteiger partial charge in [-0.2, -0.15) is 13.2 Å². The molecule has 118 valence electrons. The third-order valence-electron chi connectivity index (χ3n) is 2.08. The molecular weight excluding hydrogens is 346 g/mol. The van der Waals surface area contributed by atoms with Gasteiger partial charge < -0.3 is 4.74 Å². The van der Waals surface area contributed by atoms with Crippen LogP contribution < -0.4 is 4.74 Å². The van der Waals surface area contributed by atoms with Crippen molar-refractivity contribution in [1.82, 2.24) is 0 Å². The zero-order chi connectivity index (χ0) is 16.4. The van der Waals surface area contributed by atoms with Crippen LogP contribution in [0.4, 0.5) is 26.3 Å². The molecule has 1 rings (SSSR count). The van der Waals surface area contributed by atoms with Gasteiger partial charge in [0.1, 0.15) is 11.1 Å². The maximum atomic E-state index is 12.5. The smallest absolute Gasteiger partial charge is 0.405 e. The normalized spacial score (nSPS) is 13.9. The van der Waals surface area contributed by atoms with E-state index in [-0.39, 0.29) is 0 Å². The van der Waals surface area contributed by atoms with Gasteiger partial charge in [0.05, 0.1) is 4.90 Å². The van der Waals surface area contributed by atoms with Crippen LogP contribution in [0.25, 0.3) is 0 Å². The van der Waals surface area contributed by atoms with Gasteiger partial charge in [-0.05, 0) is 30.3 Å². The average Bonchev–Trinajstić information content (AvgIpc) is 2.26. The highest BCUT2D eigenvalue weighted by Gasteiger charge is 2.37. The lowest BCUT2D eigenvalue weighted by molar-refractivity contribution is -0.275. The lowest BCUT2D eigenvalue weighted by atomic mass is 10.1. The van der Waals surface area contributed by atoms with Gasteiger partial charge in [0.2, 0.25) is 0 Å². The van der Waals surface area contributed by atoms with Crippen LogP contribution in [-0.2, 0) is 4.79 Å². The predicted octanol–water partition coefficient (Wildman–Crippen LogP) is 5.07. The van der Waals surface area contributed by atoms with E-state index in [1.807, 2.05) is 0 Å². The van der Waals surface area contributed by atoms with Crippen LogP contribution in [0, 0.1) is 0 Å². The summed E-state index contributed by atoms with van der Waals surface area (Å²) in [4.78, 5) is 10.3. The molecule has 10 heteroatoms. The number of benzene rings is 1. The summed E-state index contributed by atoms with van der Waals surface area (Å²) in [5, 5.41) is -1.51. The molecule has 0 saturated carbocycles. The SMILES string of the molecule is CC(=O)C(Cl)c1cccc(OC(F)(F)F)c1SC(F)(F)F. The summed E-state index contributed by atoms with van der Waals surface area (Å²) in [5.41, 5.74) is -5.26. The monoisotopic (exact) mass is 352 g/mol. The molecule has 0 radical (unpaired) electrons. The Morgan fingerprint density at radius 1 is 1.24 bits per heavy atom. The van der Waals surface area contributed by atoms with Crippen molar-refractivity contribution < 1.29 is 35.9 Å². The van der Waals surface area contributed by atoms with E-state index in [2.05, 4.69) is 4.74 Å². The molecule has 0 aromatic heterocycles. The molecule has 1 unspecified atom stereocenters. The van der Waals surface area contributed by atoms with Crippen LogP contribution in [0.15, 0.2) is 23.1 Å². The second kappa shape index (κ2) is 6.35. The number of ketones is 1. The summed E-state index contributed by atoms with van der Waals surface area (Å²) in [6, 6.07) is 2.78. The van der Waals surface area contributed by atoms with Crippen molar-refractivity contribution in [3.63, 3.8) is 0 Å². The minimum absolute atomic E-state index is 0.395. The third-order valence-corrected chi connectivity index (χ3v) is 3.50. The van der Waals surface area contributed by atoms with Crippen molar-refractivity contribution in [2.75, 3.05) is 0 Å². The summed E-state index contributed by atoms with van der Waals surface area (Å²) in [6.45, 7) is 1.01. The molecule has 21 heavy (non-hydrogen) atoms. The van der Waals surface area contributed by atoms with Gasteiger partial charge in [0, 0.05) is 0 Å².